The zero-order chi connectivity index (χ0) is 22.5. The summed E-state index contributed by atoms with van der Waals surface area (Å²) < 4.78 is 63.5. The fourth-order valence-corrected chi connectivity index (χ4v) is 3.96. The van der Waals surface area contributed by atoms with Gasteiger partial charge in [-0.2, -0.15) is 8.78 Å². The second-order valence-electron chi connectivity index (χ2n) is 7.19. The van der Waals surface area contributed by atoms with Crippen LogP contribution in [0.25, 0.3) is 10.8 Å². The third kappa shape index (κ3) is 3.63. The number of hydrogen-bond acceptors (Lipinski definition) is 3. The first-order valence-corrected chi connectivity index (χ1v) is 9.93. The number of pyridine rings is 1. The standard InChI is InChI=1S/C21H15BrF4N2O3/c1-28(20(30)21(25,26)10-2-4-11(22)5-3-10)17-9-31-8-16-18(17)12-6-14(23)15(24)7-13(12)19(29)27-16/h2-7,17H,8-9H2,1H3,(H,27,29)/t17-/m0/s1. The highest BCUT2D eigenvalue weighted by molar-refractivity contribution is 9.10. The van der Waals surface area contributed by atoms with Gasteiger partial charge in [0.15, 0.2) is 11.6 Å². The number of fused-ring (bicyclic) bond motifs is 3. The van der Waals surface area contributed by atoms with Crippen molar-refractivity contribution in [1.82, 2.24) is 9.88 Å². The van der Waals surface area contributed by atoms with Crippen molar-refractivity contribution < 1.29 is 27.1 Å². The molecule has 1 atom stereocenters. The monoisotopic (exact) mass is 498 g/mol. The van der Waals surface area contributed by atoms with E-state index in [9.17, 15) is 27.2 Å². The van der Waals surface area contributed by atoms with Crippen molar-refractivity contribution in [2.75, 3.05) is 13.7 Å². The van der Waals surface area contributed by atoms with E-state index in [1.165, 1.54) is 19.2 Å². The maximum atomic E-state index is 14.9. The lowest BCUT2D eigenvalue weighted by atomic mass is 9.94. The molecule has 1 aromatic heterocycles. The number of benzene rings is 2. The summed E-state index contributed by atoms with van der Waals surface area (Å²) in [4.78, 5) is 28.4. The first-order valence-electron chi connectivity index (χ1n) is 9.14. The number of alkyl halides is 2. The Labute approximate surface area is 181 Å². The van der Waals surface area contributed by atoms with Crippen LogP contribution in [0.1, 0.15) is 22.9 Å². The van der Waals surface area contributed by atoms with Crippen LogP contribution in [0, 0.1) is 11.6 Å². The van der Waals surface area contributed by atoms with Crippen LogP contribution in [0.2, 0.25) is 0 Å². The van der Waals surface area contributed by atoms with Crippen molar-refractivity contribution >= 4 is 32.6 Å². The fourth-order valence-electron chi connectivity index (χ4n) is 3.69. The average Bonchev–Trinajstić information content (AvgIpc) is 2.74. The Hall–Kier alpha value is -2.72. The summed E-state index contributed by atoms with van der Waals surface area (Å²) in [7, 11) is 1.18. The van der Waals surface area contributed by atoms with Crippen molar-refractivity contribution in [2.24, 2.45) is 0 Å². The topological polar surface area (TPSA) is 62.4 Å². The van der Waals surface area contributed by atoms with Gasteiger partial charge in [0, 0.05) is 28.3 Å². The molecule has 0 unspecified atom stereocenters. The number of likely N-dealkylation sites (N-methyl/N-ethyl adjacent to an activating group) is 1. The third-order valence-corrected chi connectivity index (χ3v) is 5.83. The first kappa shape index (κ1) is 21.5. The number of amides is 1. The Kier molecular flexibility index (Phi) is 5.38. The molecule has 0 fully saturated rings. The molecule has 1 aliphatic rings. The Balaban J connectivity index is 1.81. The van der Waals surface area contributed by atoms with Crippen LogP contribution in [0.5, 0.6) is 0 Å². The summed E-state index contributed by atoms with van der Waals surface area (Å²) in [6, 6.07) is 5.58. The average molecular weight is 499 g/mol. The number of aromatic nitrogens is 1. The predicted molar refractivity (Wildman–Crippen MR) is 108 cm³/mol. The number of nitrogens with one attached hydrogen (secondary N) is 1. The molecule has 1 N–H and O–H groups in total. The SMILES string of the molecule is CN(C(=O)C(F)(F)c1ccc(Br)cc1)[C@H]1COCc2[nH]c(=O)c3cc(F)c(F)cc3c21. The number of ether oxygens (including phenoxy) is 1. The molecule has 0 bridgehead atoms. The second kappa shape index (κ2) is 7.76. The molecule has 5 nitrogen and oxygen atoms in total. The molecule has 0 saturated heterocycles. The molecule has 10 heteroatoms. The van der Waals surface area contributed by atoms with E-state index in [2.05, 4.69) is 20.9 Å². The molecule has 0 saturated carbocycles. The number of halogens is 5. The van der Waals surface area contributed by atoms with Gasteiger partial charge in [0.1, 0.15) is 0 Å². The Morgan fingerprint density at radius 3 is 2.42 bits per heavy atom. The zero-order valence-electron chi connectivity index (χ0n) is 16.0. The van der Waals surface area contributed by atoms with E-state index in [0.29, 0.717) is 4.47 Å². The lowest BCUT2D eigenvalue weighted by Gasteiger charge is -2.35. The number of rotatable bonds is 3. The minimum atomic E-state index is -3.84. The number of hydrogen-bond donors (Lipinski definition) is 1. The van der Waals surface area contributed by atoms with Crippen LogP contribution in [-0.4, -0.2) is 29.4 Å². The summed E-state index contributed by atoms with van der Waals surface area (Å²) in [6.07, 6.45) is 0. The summed E-state index contributed by atoms with van der Waals surface area (Å²) in [5.41, 5.74) is -0.719. The van der Waals surface area contributed by atoms with Gasteiger partial charge < -0.3 is 14.6 Å². The molecule has 1 aliphatic heterocycles. The van der Waals surface area contributed by atoms with Gasteiger partial charge in [0.2, 0.25) is 0 Å². The highest BCUT2D eigenvalue weighted by atomic mass is 79.9. The van der Waals surface area contributed by atoms with E-state index >= 15 is 0 Å². The minimum absolute atomic E-state index is 0.0394. The Morgan fingerprint density at radius 1 is 1.16 bits per heavy atom. The number of carbonyl (C=O) groups is 1. The van der Waals surface area contributed by atoms with Crippen molar-refractivity contribution in [3.8, 4) is 0 Å². The van der Waals surface area contributed by atoms with Gasteiger partial charge in [-0.1, -0.05) is 28.1 Å². The van der Waals surface area contributed by atoms with Gasteiger partial charge in [-0.3, -0.25) is 9.59 Å². The highest BCUT2D eigenvalue weighted by Crippen LogP contribution is 2.37. The van der Waals surface area contributed by atoms with Gasteiger partial charge in [-0.05, 0) is 29.7 Å². The lowest BCUT2D eigenvalue weighted by molar-refractivity contribution is -0.162. The smallest absolute Gasteiger partial charge is 0.349 e. The maximum absolute atomic E-state index is 14.9. The van der Waals surface area contributed by atoms with Crippen LogP contribution in [0.4, 0.5) is 17.6 Å². The summed E-state index contributed by atoms with van der Waals surface area (Å²) in [6.45, 7) is -0.229. The summed E-state index contributed by atoms with van der Waals surface area (Å²) >= 11 is 3.16. The molecule has 0 radical (unpaired) electrons. The van der Waals surface area contributed by atoms with E-state index in [1.807, 2.05) is 0 Å². The molecular weight excluding hydrogens is 484 g/mol. The van der Waals surface area contributed by atoms with E-state index in [1.54, 1.807) is 0 Å². The van der Waals surface area contributed by atoms with Crippen LogP contribution in [0.3, 0.4) is 0 Å². The third-order valence-electron chi connectivity index (χ3n) is 5.30. The molecular formula is C21H15BrF4N2O3. The van der Waals surface area contributed by atoms with Crippen molar-refractivity contribution in [1.29, 1.82) is 0 Å². The molecule has 2 aromatic carbocycles. The number of aromatic amines is 1. The lowest BCUT2D eigenvalue weighted by Crippen LogP contribution is -2.44. The first-order chi connectivity index (χ1) is 14.6. The van der Waals surface area contributed by atoms with E-state index in [0.717, 1.165) is 29.2 Å². The molecule has 3 aromatic rings. The van der Waals surface area contributed by atoms with Crippen molar-refractivity contribution in [3.05, 3.63) is 79.7 Å². The summed E-state index contributed by atoms with van der Waals surface area (Å²) in [5, 5.41) is -0.109. The van der Waals surface area contributed by atoms with Crippen molar-refractivity contribution in [3.63, 3.8) is 0 Å². The second-order valence-corrected chi connectivity index (χ2v) is 8.10. The number of nitrogens with zero attached hydrogens (tertiary/aromatic N) is 1. The molecule has 31 heavy (non-hydrogen) atoms. The van der Waals surface area contributed by atoms with Gasteiger partial charge in [0.05, 0.1) is 24.6 Å². The van der Waals surface area contributed by atoms with Gasteiger partial charge in [-0.15, -0.1) is 0 Å². The van der Waals surface area contributed by atoms with Crippen LogP contribution >= 0.6 is 15.9 Å². The molecule has 0 aliphatic carbocycles. The Morgan fingerprint density at radius 2 is 1.77 bits per heavy atom. The quantitative estimate of drug-likeness (QED) is 0.544. The minimum Gasteiger partial charge on any atom is -0.373 e. The van der Waals surface area contributed by atoms with E-state index in [-0.39, 0.29) is 35.2 Å². The van der Waals surface area contributed by atoms with Crippen molar-refractivity contribution in [2.45, 2.75) is 18.6 Å². The highest BCUT2D eigenvalue weighted by Gasteiger charge is 2.45. The maximum Gasteiger partial charge on any atom is 0.349 e. The van der Waals surface area contributed by atoms with Crippen LogP contribution in [0.15, 0.2) is 45.7 Å². The molecule has 1 amide bonds. The van der Waals surface area contributed by atoms with Crippen LogP contribution in [-0.2, 0) is 22.1 Å². The molecule has 2 heterocycles. The fraction of sp³-hybridized carbons (Fsp3) is 0.238. The number of H-pyrrole nitrogens is 1. The van der Waals surface area contributed by atoms with Gasteiger partial charge in [-0.25, -0.2) is 8.78 Å². The Bertz CT molecular complexity index is 1240. The van der Waals surface area contributed by atoms with E-state index < -0.39 is 40.6 Å². The summed E-state index contributed by atoms with van der Waals surface area (Å²) in [5.74, 6) is -7.76. The molecule has 4 rings (SSSR count). The van der Waals surface area contributed by atoms with E-state index in [4.69, 9.17) is 4.74 Å². The largest absolute Gasteiger partial charge is 0.373 e. The molecule has 162 valence electrons. The zero-order valence-corrected chi connectivity index (χ0v) is 17.6. The normalized spacial score (nSPS) is 16.3. The van der Waals surface area contributed by atoms with Gasteiger partial charge in [0.25, 0.3) is 11.5 Å². The number of carbonyl (C=O) groups excluding carboxylic acids is 1. The van der Waals surface area contributed by atoms with Gasteiger partial charge >= 0.3 is 5.92 Å². The molecule has 0 spiro atoms. The predicted octanol–water partition coefficient (Wildman–Crippen LogP) is 4.39. The van der Waals surface area contributed by atoms with Crippen LogP contribution < -0.4 is 5.56 Å².